The zero-order valence-corrected chi connectivity index (χ0v) is 20.6. The Morgan fingerprint density at radius 1 is 1.19 bits per heavy atom. The summed E-state index contributed by atoms with van der Waals surface area (Å²) >= 11 is 0. The summed E-state index contributed by atoms with van der Waals surface area (Å²) < 4.78 is 21.7. The van der Waals surface area contributed by atoms with Crippen LogP contribution in [0, 0.1) is 17.1 Å². The maximum Gasteiger partial charge on any atom is 0.294 e. The molecule has 1 saturated heterocycles. The summed E-state index contributed by atoms with van der Waals surface area (Å²) in [5, 5.41) is 9.01. The fraction of sp³-hybridized carbons (Fsp3) is 0.333. The lowest BCUT2D eigenvalue weighted by Crippen LogP contribution is -2.43. The van der Waals surface area contributed by atoms with Crippen molar-refractivity contribution < 1.29 is 13.9 Å². The van der Waals surface area contributed by atoms with Crippen molar-refractivity contribution in [3.8, 4) is 34.3 Å². The molecule has 3 aromatic rings. The zero-order valence-electron chi connectivity index (χ0n) is 20.6. The molecule has 10 heteroatoms. The van der Waals surface area contributed by atoms with Gasteiger partial charge in [0.2, 0.25) is 5.91 Å². The Bertz CT molecular complexity index is 1390. The summed E-state index contributed by atoms with van der Waals surface area (Å²) in [5.74, 6) is -0.257. The second-order valence-corrected chi connectivity index (χ2v) is 9.00. The lowest BCUT2D eigenvalue weighted by atomic mass is 10.0. The number of piperidine rings is 1. The predicted molar refractivity (Wildman–Crippen MR) is 138 cm³/mol. The molecule has 0 spiro atoms. The number of primary amides is 1. The van der Waals surface area contributed by atoms with Crippen LogP contribution in [-0.4, -0.2) is 41.7 Å². The minimum Gasteiger partial charge on any atom is -0.497 e. The smallest absolute Gasteiger partial charge is 0.294 e. The topological polar surface area (TPSA) is 140 Å². The standard InChI is InChI=1S/C27H29FN6O3/c1-37-21-6-4-18(5-7-21)25-24(19-3-2-17(8-12-29)22(28)16-19)32-26(33-13-9-20(30)10-14-33)27(36)34(25)15-11-23(31)35/h2-7,16,20H,8-11,13-15,30H2,1H3,(H2,31,35). The molecule has 1 amide bonds. The monoisotopic (exact) mass is 504 g/mol. The van der Waals surface area contributed by atoms with Crippen LogP contribution >= 0.6 is 0 Å². The van der Waals surface area contributed by atoms with Gasteiger partial charge < -0.3 is 25.7 Å². The van der Waals surface area contributed by atoms with Crippen molar-refractivity contribution in [2.75, 3.05) is 25.1 Å². The molecule has 0 bridgehead atoms. The van der Waals surface area contributed by atoms with Crippen molar-refractivity contribution >= 4 is 11.7 Å². The predicted octanol–water partition coefficient (Wildman–Crippen LogP) is 2.59. The molecule has 0 aliphatic carbocycles. The molecular formula is C27H29FN6O3. The average Bonchev–Trinajstić information content (AvgIpc) is 2.89. The number of hydrogen-bond acceptors (Lipinski definition) is 7. The Morgan fingerprint density at radius 3 is 2.46 bits per heavy atom. The van der Waals surface area contributed by atoms with Gasteiger partial charge in [-0.2, -0.15) is 5.26 Å². The molecule has 2 heterocycles. The second kappa shape index (κ2) is 11.2. The third-order valence-electron chi connectivity index (χ3n) is 6.53. The fourth-order valence-corrected chi connectivity index (χ4v) is 4.48. The van der Waals surface area contributed by atoms with E-state index in [1.165, 1.54) is 10.6 Å². The lowest BCUT2D eigenvalue weighted by molar-refractivity contribution is -0.118. The quantitative estimate of drug-likeness (QED) is 0.480. The first-order valence-corrected chi connectivity index (χ1v) is 12.1. The number of halogens is 1. The van der Waals surface area contributed by atoms with E-state index in [1.807, 2.05) is 11.0 Å². The number of carbonyl (C=O) groups excluding carboxylic acids is 1. The molecule has 4 N–H and O–H groups in total. The van der Waals surface area contributed by atoms with Crippen LogP contribution in [-0.2, 0) is 17.8 Å². The minimum absolute atomic E-state index is 0.0282. The minimum atomic E-state index is -0.552. The van der Waals surface area contributed by atoms with Crippen molar-refractivity contribution in [1.82, 2.24) is 9.55 Å². The molecule has 1 fully saturated rings. The Morgan fingerprint density at radius 2 is 1.86 bits per heavy atom. The first-order chi connectivity index (χ1) is 17.8. The number of hydrogen-bond donors (Lipinski definition) is 2. The largest absolute Gasteiger partial charge is 0.497 e. The number of nitrogens with two attached hydrogens (primary N) is 2. The second-order valence-electron chi connectivity index (χ2n) is 9.00. The Hall–Kier alpha value is -4.23. The van der Waals surface area contributed by atoms with Gasteiger partial charge in [0, 0.05) is 48.8 Å². The van der Waals surface area contributed by atoms with E-state index < -0.39 is 11.7 Å². The van der Waals surface area contributed by atoms with Gasteiger partial charge in [0.05, 0.1) is 31.0 Å². The molecule has 0 atom stereocenters. The van der Waals surface area contributed by atoms with Gasteiger partial charge in [0.25, 0.3) is 5.56 Å². The van der Waals surface area contributed by atoms with E-state index in [-0.39, 0.29) is 42.4 Å². The first kappa shape index (κ1) is 25.9. The van der Waals surface area contributed by atoms with Crippen molar-refractivity contribution in [3.05, 3.63) is 64.2 Å². The van der Waals surface area contributed by atoms with Gasteiger partial charge >= 0.3 is 0 Å². The Kier molecular flexibility index (Phi) is 7.84. The molecule has 2 aromatic carbocycles. The van der Waals surface area contributed by atoms with Gasteiger partial charge in [-0.15, -0.1) is 0 Å². The van der Waals surface area contributed by atoms with Gasteiger partial charge in [-0.05, 0) is 43.2 Å². The molecule has 4 rings (SSSR count). The van der Waals surface area contributed by atoms with Crippen molar-refractivity contribution in [1.29, 1.82) is 5.26 Å². The summed E-state index contributed by atoms with van der Waals surface area (Å²) in [6, 6.07) is 13.6. The fourth-order valence-electron chi connectivity index (χ4n) is 4.48. The number of benzene rings is 2. The summed E-state index contributed by atoms with van der Waals surface area (Å²) in [7, 11) is 1.55. The number of carbonyl (C=O) groups is 1. The van der Waals surface area contributed by atoms with Crippen LogP contribution < -0.4 is 26.7 Å². The normalized spacial score (nSPS) is 13.8. The van der Waals surface area contributed by atoms with Crippen molar-refractivity contribution in [2.24, 2.45) is 11.5 Å². The van der Waals surface area contributed by atoms with Crippen molar-refractivity contribution in [3.63, 3.8) is 0 Å². The highest BCUT2D eigenvalue weighted by Gasteiger charge is 2.26. The van der Waals surface area contributed by atoms with Crippen LogP contribution in [0.15, 0.2) is 47.3 Å². The number of ether oxygens (including phenoxy) is 1. The summed E-state index contributed by atoms with van der Waals surface area (Å²) in [6.45, 7) is 1.13. The van der Waals surface area contributed by atoms with E-state index in [4.69, 9.17) is 26.5 Å². The van der Waals surface area contributed by atoms with Crippen LogP contribution in [0.1, 0.15) is 24.8 Å². The number of nitriles is 1. The van der Waals surface area contributed by atoms with Crippen LogP contribution in [0.5, 0.6) is 5.75 Å². The third kappa shape index (κ3) is 5.62. The molecular weight excluding hydrogens is 475 g/mol. The summed E-state index contributed by atoms with van der Waals surface area (Å²) in [5.41, 5.74) is 13.3. The molecule has 0 radical (unpaired) electrons. The van der Waals surface area contributed by atoms with Gasteiger partial charge in [-0.25, -0.2) is 9.37 Å². The van der Waals surface area contributed by atoms with E-state index in [9.17, 15) is 14.0 Å². The van der Waals surface area contributed by atoms with E-state index in [2.05, 4.69) is 0 Å². The van der Waals surface area contributed by atoms with E-state index >= 15 is 0 Å². The number of amides is 1. The van der Waals surface area contributed by atoms with Gasteiger partial charge in [-0.3, -0.25) is 9.59 Å². The van der Waals surface area contributed by atoms with Crippen LogP contribution in [0.4, 0.5) is 10.2 Å². The zero-order chi connectivity index (χ0) is 26.5. The first-order valence-electron chi connectivity index (χ1n) is 12.1. The number of anilines is 1. The van der Waals surface area contributed by atoms with Gasteiger partial charge in [-0.1, -0.05) is 12.1 Å². The number of aromatic nitrogens is 2. The van der Waals surface area contributed by atoms with Gasteiger partial charge in [0.15, 0.2) is 5.82 Å². The van der Waals surface area contributed by atoms with E-state index in [0.29, 0.717) is 54.2 Å². The molecule has 37 heavy (non-hydrogen) atoms. The highest BCUT2D eigenvalue weighted by molar-refractivity contribution is 5.80. The number of rotatable bonds is 8. The lowest BCUT2D eigenvalue weighted by Gasteiger charge is -2.31. The van der Waals surface area contributed by atoms with Crippen molar-refractivity contribution in [2.45, 2.75) is 38.3 Å². The molecule has 9 nitrogen and oxygen atoms in total. The maximum atomic E-state index is 14.9. The average molecular weight is 505 g/mol. The third-order valence-corrected chi connectivity index (χ3v) is 6.53. The number of methoxy groups -OCH3 is 1. The van der Waals surface area contributed by atoms with Crippen LogP contribution in [0.2, 0.25) is 0 Å². The number of nitrogens with zero attached hydrogens (tertiary/aromatic N) is 4. The Labute approximate surface area is 214 Å². The maximum absolute atomic E-state index is 14.9. The molecule has 1 aliphatic heterocycles. The molecule has 0 unspecified atom stereocenters. The highest BCUT2D eigenvalue weighted by atomic mass is 19.1. The molecule has 0 saturated carbocycles. The van der Waals surface area contributed by atoms with E-state index in [1.54, 1.807) is 43.5 Å². The summed E-state index contributed by atoms with van der Waals surface area (Å²) in [6.07, 6.45) is 1.28. The van der Waals surface area contributed by atoms with Crippen LogP contribution in [0.25, 0.3) is 22.5 Å². The molecule has 1 aliphatic rings. The molecule has 192 valence electrons. The summed E-state index contributed by atoms with van der Waals surface area (Å²) in [4.78, 5) is 32.2. The SMILES string of the molecule is COc1ccc(-c2c(-c3ccc(CC#N)c(F)c3)nc(N3CCC(N)CC3)c(=O)n2CCC(N)=O)cc1. The van der Waals surface area contributed by atoms with Crippen LogP contribution in [0.3, 0.4) is 0 Å². The van der Waals surface area contributed by atoms with Gasteiger partial charge in [0.1, 0.15) is 11.6 Å². The molecule has 1 aromatic heterocycles. The van der Waals surface area contributed by atoms with E-state index in [0.717, 1.165) is 0 Å². The Balaban J connectivity index is 1.98. The highest BCUT2D eigenvalue weighted by Crippen LogP contribution is 2.33.